The molecule has 14 heavy (non-hydrogen) atoms. The van der Waals surface area contributed by atoms with Gasteiger partial charge in [0.2, 0.25) is 0 Å². The second-order valence-electron chi connectivity index (χ2n) is 3.85. The molecule has 0 aromatic rings. The Balaban J connectivity index is 2.80. The van der Waals surface area contributed by atoms with Crippen LogP contribution in [-0.2, 0) is 4.74 Å². The van der Waals surface area contributed by atoms with Crippen LogP contribution in [0.3, 0.4) is 0 Å². The SMILES string of the molecule is [B]C1OC(CO)CC1(O)C=C=C(C)C. The van der Waals surface area contributed by atoms with Gasteiger partial charge in [-0.2, -0.15) is 0 Å². The van der Waals surface area contributed by atoms with E-state index >= 15 is 0 Å². The summed E-state index contributed by atoms with van der Waals surface area (Å²) in [5.41, 5.74) is 2.66. The maximum atomic E-state index is 10.0. The highest BCUT2D eigenvalue weighted by atomic mass is 16.5. The molecule has 0 spiro atoms. The van der Waals surface area contributed by atoms with Crippen molar-refractivity contribution in [3.05, 3.63) is 17.4 Å². The third kappa shape index (κ3) is 2.49. The molecule has 1 rings (SSSR count). The van der Waals surface area contributed by atoms with Gasteiger partial charge >= 0.3 is 0 Å². The molecule has 1 saturated heterocycles. The number of aliphatic hydroxyl groups is 2. The van der Waals surface area contributed by atoms with Crippen LogP contribution in [0.5, 0.6) is 0 Å². The molecule has 0 aromatic carbocycles. The lowest BCUT2D eigenvalue weighted by Gasteiger charge is -2.20. The Hall–Kier alpha value is -0.535. The molecular formula is C10H15BO3. The summed E-state index contributed by atoms with van der Waals surface area (Å²) in [6, 6.07) is -0.786. The maximum absolute atomic E-state index is 10.0. The second kappa shape index (κ2) is 4.32. The molecule has 3 nitrogen and oxygen atoms in total. The zero-order valence-corrected chi connectivity index (χ0v) is 8.53. The zero-order valence-electron chi connectivity index (χ0n) is 8.53. The van der Waals surface area contributed by atoms with Gasteiger partial charge in [0.05, 0.1) is 12.7 Å². The van der Waals surface area contributed by atoms with Crippen molar-refractivity contribution < 1.29 is 14.9 Å². The van der Waals surface area contributed by atoms with Crippen LogP contribution >= 0.6 is 0 Å². The predicted octanol–water partition coefficient (Wildman–Crippen LogP) is 0.115. The van der Waals surface area contributed by atoms with Gasteiger partial charge in [0.1, 0.15) is 13.4 Å². The van der Waals surface area contributed by atoms with E-state index in [9.17, 15) is 5.11 Å². The number of hydrogen-bond donors (Lipinski definition) is 2. The molecule has 1 aliphatic heterocycles. The summed E-state index contributed by atoms with van der Waals surface area (Å²) in [5, 5.41) is 18.9. The molecule has 2 N–H and O–H groups in total. The predicted molar refractivity (Wildman–Crippen MR) is 54.0 cm³/mol. The summed E-state index contributed by atoms with van der Waals surface area (Å²) >= 11 is 0. The first kappa shape index (κ1) is 11.5. The van der Waals surface area contributed by atoms with Crippen LogP contribution in [0.1, 0.15) is 20.3 Å². The first-order chi connectivity index (χ1) is 6.48. The van der Waals surface area contributed by atoms with Crippen molar-refractivity contribution >= 4 is 7.85 Å². The Morgan fingerprint density at radius 1 is 1.71 bits per heavy atom. The first-order valence-electron chi connectivity index (χ1n) is 4.63. The summed E-state index contributed by atoms with van der Waals surface area (Å²) in [7, 11) is 5.60. The van der Waals surface area contributed by atoms with E-state index in [0.29, 0.717) is 6.42 Å². The quantitative estimate of drug-likeness (QED) is 0.484. The van der Waals surface area contributed by atoms with Crippen LogP contribution in [0.15, 0.2) is 17.4 Å². The molecular weight excluding hydrogens is 179 g/mol. The summed E-state index contributed by atoms with van der Waals surface area (Å²) in [5.74, 6) is 0. The van der Waals surface area contributed by atoms with Gasteiger partial charge in [0.15, 0.2) is 0 Å². The molecule has 0 aromatic heterocycles. The molecule has 0 saturated carbocycles. The summed E-state index contributed by atoms with van der Waals surface area (Å²) in [4.78, 5) is 0. The Bertz CT molecular complexity index is 267. The molecule has 1 heterocycles. The van der Waals surface area contributed by atoms with Crippen molar-refractivity contribution in [1.29, 1.82) is 0 Å². The van der Waals surface area contributed by atoms with Crippen LogP contribution < -0.4 is 0 Å². The van der Waals surface area contributed by atoms with Crippen molar-refractivity contribution in [2.45, 2.75) is 38.0 Å². The van der Waals surface area contributed by atoms with Crippen molar-refractivity contribution in [3.63, 3.8) is 0 Å². The molecule has 1 aliphatic rings. The lowest BCUT2D eigenvalue weighted by molar-refractivity contribution is 0.0126. The van der Waals surface area contributed by atoms with Gasteiger partial charge in [-0.1, -0.05) is 0 Å². The number of ether oxygens (including phenoxy) is 1. The lowest BCUT2D eigenvalue weighted by atomic mass is 9.82. The van der Waals surface area contributed by atoms with Gasteiger partial charge in [-0.3, -0.25) is 0 Å². The Morgan fingerprint density at radius 3 is 2.79 bits per heavy atom. The Morgan fingerprint density at radius 2 is 2.36 bits per heavy atom. The fraction of sp³-hybridized carbons (Fsp3) is 0.700. The maximum Gasteiger partial charge on any atom is 0.113 e. The molecule has 4 heteroatoms. The van der Waals surface area contributed by atoms with Gasteiger partial charge in [-0.25, -0.2) is 0 Å². The molecule has 3 unspecified atom stereocenters. The van der Waals surface area contributed by atoms with Crippen LogP contribution in [0.2, 0.25) is 0 Å². The Labute approximate surface area is 85.5 Å². The van der Waals surface area contributed by atoms with E-state index in [0.717, 1.165) is 5.57 Å². The zero-order chi connectivity index (χ0) is 10.8. The highest BCUT2D eigenvalue weighted by molar-refractivity contribution is 6.12. The van der Waals surface area contributed by atoms with Gasteiger partial charge in [-0.05, 0) is 25.5 Å². The standard InChI is InChI=1S/C10H15BO3/c1-7(2)3-4-10(13)5-8(6-12)14-9(10)11/h4,8-9,12-13H,5-6H2,1-2H3. The van der Waals surface area contributed by atoms with Crippen molar-refractivity contribution in [3.8, 4) is 0 Å². The molecule has 2 radical (unpaired) electrons. The van der Waals surface area contributed by atoms with Crippen LogP contribution in [0.4, 0.5) is 0 Å². The molecule has 0 bridgehead atoms. The third-order valence-electron chi connectivity index (χ3n) is 2.20. The number of aliphatic hydroxyl groups excluding tert-OH is 1. The van der Waals surface area contributed by atoms with E-state index in [1.807, 2.05) is 13.8 Å². The van der Waals surface area contributed by atoms with Gasteiger partial charge in [-0.15, -0.1) is 5.73 Å². The van der Waals surface area contributed by atoms with Gasteiger partial charge < -0.3 is 14.9 Å². The van der Waals surface area contributed by atoms with Crippen molar-refractivity contribution in [2.75, 3.05) is 6.61 Å². The topological polar surface area (TPSA) is 49.7 Å². The lowest BCUT2D eigenvalue weighted by Crippen LogP contribution is -2.36. The van der Waals surface area contributed by atoms with E-state index in [1.165, 1.54) is 6.08 Å². The largest absolute Gasteiger partial charge is 0.394 e. The van der Waals surface area contributed by atoms with Crippen molar-refractivity contribution in [1.82, 2.24) is 0 Å². The minimum atomic E-state index is -1.20. The van der Waals surface area contributed by atoms with E-state index in [1.54, 1.807) is 0 Å². The second-order valence-corrected chi connectivity index (χ2v) is 3.85. The average molecular weight is 194 g/mol. The van der Waals surface area contributed by atoms with E-state index in [4.69, 9.17) is 17.7 Å². The molecule has 76 valence electrons. The highest BCUT2D eigenvalue weighted by Crippen LogP contribution is 2.29. The molecule has 0 amide bonds. The third-order valence-corrected chi connectivity index (χ3v) is 2.20. The van der Waals surface area contributed by atoms with Crippen LogP contribution in [0.25, 0.3) is 0 Å². The van der Waals surface area contributed by atoms with Crippen LogP contribution in [-0.4, -0.2) is 42.4 Å². The summed E-state index contributed by atoms with van der Waals surface area (Å²) < 4.78 is 5.16. The molecule has 1 fully saturated rings. The van der Waals surface area contributed by atoms with Gasteiger partial charge in [0, 0.05) is 12.4 Å². The smallest absolute Gasteiger partial charge is 0.113 e. The number of rotatable bonds is 2. The number of hydrogen-bond acceptors (Lipinski definition) is 3. The molecule has 0 aliphatic carbocycles. The summed E-state index contributed by atoms with van der Waals surface area (Å²) in [6.45, 7) is 3.63. The minimum absolute atomic E-state index is 0.126. The fourth-order valence-corrected chi connectivity index (χ4v) is 1.37. The average Bonchev–Trinajstić information content (AvgIpc) is 2.40. The van der Waals surface area contributed by atoms with Crippen molar-refractivity contribution in [2.24, 2.45) is 0 Å². The normalized spacial score (nSPS) is 36.6. The Kier molecular flexibility index (Phi) is 3.56. The van der Waals surface area contributed by atoms with Gasteiger partial charge in [0.25, 0.3) is 0 Å². The fourth-order valence-electron chi connectivity index (χ4n) is 1.37. The monoisotopic (exact) mass is 194 g/mol. The highest BCUT2D eigenvalue weighted by Gasteiger charge is 2.42. The minimum Gasteiger partial charge on any atom is -0.394 e. The summed E-state index contributed by atoms with van der Waals surface area (Å²) in [6.07, 6.45) is 1.44. The first-order valence-corrected chi connectivity index (χ1v) is 4.63. The van der Waals surface area contributed by atoms with E-state index in [2.05, 4.69) is 5.73 Å². The van der Waals surface area contributed by atoms with E-state index in [-0.39, 0.29) is 12.7 Å². The van der Waals surface area contributed by atoms with E-state index < -0.39 is 11.6 Å². The van der Waals surface area contributed by atoms with Crippen LogP contribution in [0, 0.1) is 0 Å². The molecule has 3 atom stereocenters.